The van der Waals surface area contributed by atoms with Crippen LogP contribution in [-0.2, 0) is 6.54 Å². The van der Waals surface area contributed by atoms with Gasteiger partial charge in [0, 0.05) is 12.2 Å². The highest BCUT2D eigenvalue weighted by Gasteiger charge is 2.25. The minimum absolute atomic E-state index is 0.0681. The van der Waals surface area contributed by atoms with Crippen molar-refractivity contribution in [2.45, 2.75) is 19.5 Å². The van der Waals surface area contributed by atoms with Crippen molar-refractivity contribution < 1.29 is 4.79 Å². The van der Waals surface area contributed by atoms with E-state index in [0.29, 0.717) is 17.8 Å². The fourth-order valence-corrected chi connectivity index (χ4v) is 4.59. The molecule has 0 saturated carbocycles. The minimum Gasteiger partial charge on any atom is -0.398 e. The summed E-state index contributed by atoms with van der Waals surface area (Å²) in [7, 11) is 0. The maximum Gasteiger partial charge on any atom is 0.256 e. The van der Waals surface area contributed by atoms with E-state index in [1.807, 2.05) is 41.3 Å². The summed E-state index contributed by atoms with van der Waals surface area (Å²) in [6.07, 6.45) is 0. The van der Waals surface area contributed by atoms with Crippen LogP contribution < -0.4 is 5.73 Å². The highest BCUT2D eigenvalue weighted by Crippen LogP contribution is 2.33. The number of amides is 1. The van der Waals surface area contributed by atoms with Gasteiger partial charge in [-0.2, -0.15) is 0 Å². The molecule has 0 fully saturated rings. The summed E-state index contributed by atoms with van der Waals surface area (Å²) < 4.78 is 0. The van der Waals surface area contributed by atoms with Crippen LogP contribution in [0.3, 0.4) is 0 Å². The molecule has 0 spiro atoms. The van der Waals surface area contributed by atoms with Crippen molar-refractivity contribution in [1.29, 1.82) is 0 Å². The Morgan fingerprint density at radius 3 is 1.94 bits per heavy atom. The van der Waals surface area contributed by atoms with Crippen LogP contribution in [-0.4, -0.2) is 10.8 Å². The molecule has 33 heavy (non-hydrogen) atoms. The van der Waals surface area contributed by atoms with Gasteiger partial charge >= 0.3 is 0 Å². The maximum atomic E-state index is 13.9. The van der Waals surface area contributed by atoms with Gasteiger partial charge in [0.2, 0.25) is 0 Å². The van der Waals surface area contributed by atoms with Gasteiger partial charge in [-0.25, -0.2) is 0 Å². The van der Waals surface area contributed by atoms with Gasteiger partial charge < -0.3 is 10.6 Å². The number of nitrogens with two attached hydrogens (primary N) is 1. The summed E-state index contributed by atoms with van der Waals surface area (Å²) in [4.78, 5) is 15.8. The predicted octanol–water partition coefficient (Wildman–Crippen LogP) is 6.98. The first-order valence-corrected chi connectivity index (χ1v) is 11.2. The van der Waals surface area contributed by atoms with Gasteiger partial charge in [-0.3, -0.25) is 4.79 Å². The smallest absolute Gasteiger partial charge is 0.256 e. The second-order valence-corrected chi connectivity index (χ2v) is 8.40. The van der Waals surface area contributed by atoms with Gasteiger partial charge in [0.05, 0.1) is 11.6 Å². The Bertz CT molecular complexity index is 1390. The molecule has 0 aliphatic rings. The summed E-state index contributed by atoms with van der Waals surface area (Å²) >= 11 is 0. The molecule has 0 aromatic heterocycles. The van der Waals surface area contributed by atoms with Gasteiger partial charge in [0.25, 0.3) is 5.91 Å². The van der Waals surface area contributed by atoms with Crippen LogP contribution in [0, 0.1) is 0 Å². The Morgan fingerprint density at radius 1 is 0.758 bits per heavy atom. The summed E-state index contributed by atoms with van der Waals surface area (Å²) in [5, 5.41) is 4.67. The lowest BCUT2D eigenvalue weighted by Gasteiger charge is -2.31. The van der Waals surface area contributed by atoms with Crippen LogP contribution >= 0.6 is 0 Å². The first-order chi connectivity index (χ1) is 16.1. The summed E-state index contributed by atoms with van der Waals surface area (Å²) in [5.74, 6) is -0.0681. The predicted molar refractivity (Wildman–Crippen MR) is 137 cm³/mol. The van der Waals surface area contributed by atoms with Crippen molar-refractivity contribution in [2.75, 3.05) is 5.73 Å². The fraction of sp³-hybridized carbons (Fsp3) is 0.100. The third kappa shape index (κ3) is 3.94. The van der Waals surface area contributed by atoms with Crippen molar-refractivity contribution in [3.8, 4) is 0 Å². The lowest BCUT2D eigenvalue weighted by molar-refractivity contribution is 0.0677. The van der Waals surface area contributed by atoms with Crippen LogP contribution in [0.1, 0.15) is 34.5 Å². The van der Waals surface area contributed by atoms with Crippen molar-refractivity contribution in [2.24, 2.45) is 0 Å². The zero-order chi connectivity index (χ0) is 22.8. The molecule has 1 amide bonds. The summed E-state index contributed by atoms with van der Waals surface area (Å²) in [6.45, 7) is 2.56. The third-order valence-corrected chi connectivity index (χ3v) is 6.41. The van der Waals surface area contributed by atoms with Gasteiger partial charge in [-0.15, -0.1) is 0 Å². The van der Waals surface area contributed by atoms with Gasteiger partial charge in [0.15, 0.2) is 0 Å². The van der Waals surface area contributed by atoms with Gasteiger partial charge in [-0.05, 0) is 57.8 Å². The Morgan fingerprint density at radius 2 is 1.30 bits per heavy atom. The van der Waals surface area contributed by atoms with Crippen molar-refractivity contribution in [3.63, 3.8) is 0 Å². The minimum atomic E-state index is -0.129. The molecule has 0 bridgehead atoms. The van der Waals surface area contributed by atoms with Crippen LogP contribution in [0.4, 0.5) is 5.69 Å². The van der Waals surface area contributed by atoms with E-state index in [1.54, 1.807) is 6.07 Å². The van der Waals surface area contributed by atoms with E-state index in [4.69, 9.17) is 5.73 Å². The average Bonchev–Trinajstić information content (AvgIpc) is 2.86. The molecule has 5 rings (SSSR count). The van der Waals surface area contributed by atoms with Crippen LogP contribution in [0.5, 0.6) is 0 Å². The van der Waals surface area contributed by atoms with E-state index in [9.17, 15) is 4.79 Å². The quantitative estimate of drug-likeness (QED) is 0.241. The molecule has 5 aromatic rings. The largest absolute Gasteiger partial charge is 0.398 e. The number of carbonyl (C=O) groups is 1. The average molecular weight is 431 g/mol. The van der Waals surface area contributed by atoms with E-state index in [0.717, 1.165) is 21.9 Å². The molecule has 0 radical (unpaired) electrons. The third-order valence-electron chi connectivity index (χ3n) is 6.41. The Balaban J connectivity index is 1.69. The van der Waals surface area contributed by atoms with Crippen LogP contribution in [0.25, 0.3) is 21.5 Å². The van der Waals surface area contributed by atoms with E-state index in [2.05, 4.69) is 73.7 Å². The zero-order valence-corrected chi connectivity index (χ0v) is 18.6. The molecular formula is C30H26N2O. The number of fused-ring (bicyclic) bond motifs is 2. The monoisotopic (exact) mass is 430 g/mol. The first-order valence-electron chi connectivity index (χ1n) is 11.2. The molecule has 5 aromatic carbocycles. The molecule has 0 saturated heterocycles. The second-order valence-electron chi connectivity index (χ2n) is 8.40. The van der Waals surface area contributed by atoms with Crippen molar-refractivity contribution >= 4 is 33.1 Å². The summed E-state index contributed by atoms with van der Waals surface area (Å²) in [5.41, 5.74) is 9.49. The lowest BCUT2D eigenvalue weighted by atomic mass is 9.95. The standard InChI is InChI=1S/C30H26N2O/c1-21(22-11-3-2-4-12-22)32(30(33)27-17-9-10-18-29(27)31)20-28-25-15-7-5-13-23(25)19-24-14-6-8-16-26(24)28/h2-19,21H,20,31H2,1H3/t21-/m0/s1. The molecular weight excluding hydrogens is 404 g/mol. The van der Waals surface area contributed by atoms with Crippen LogP contribution in [0.15, 0.2) is 109 Å². The molecule has 3 heteroatoms. The molecule has 0 unspecified atom stereocenters. The molecule has 0 aliphatic carbocycles. The maximum absolute atomic E-state index is 13.9. The number of carbonyl (C=O) groups excluding carboxylic acids is 1. The number of anilines is 1. The van der Waals surface area contributed by atoms with Gasteiger partial charge in [0.1, 0.15) is 0 Å². The normalized spacial score (nSPS) is 12.0. The number of hydrogen-bond acceptors (Lipinski definition) is 2. The van der Waals surface area contributed by atoms with Crippen molar-refractivity contribution in [1.82, 2.24) is 4.90 Å². The number of rotatable bonds is 5. The Kier molecular flexibility index (Phi) is 5.54. The molecule has 2 N–H and O–H groups in total. The molecule has 0 aliphatic heterocycles. The highest BCUT2D eigenvalue weighted by atomic mass is 16.2. The van der Waals surface area contributed by atoms with E-state index >= 15 is 0 Å². The molecule has 1 atom stereocenters. The van der Waals surface area contributed by atoms with Crippen LogP contribution in [0.2, 0.25) is 0 Å². The Hall–Kier alpha value is -4.11. The number of nitrogen functional groups attached to an aromatic ring is 1. The second kappa shape index (κ2) is 8.79. The van der Waals surface area contributed by atoms with E-state index in [-0.39, 0.29) is 11.9 Å². The van der Waals surface area contributed by atoms with E-state index in [1.165, 1.54) is 10.8 Å². The molecule has 3 nitrogen and oxygen atoms in total. The SMILES string of the molecule is C[C@@H](c1ccccc1)N(Cc1c2ccccc2cc2ccccc12)C(=O)c1ccccc1N. The number of nitrogens with zero attached hydrogens (tertiary/aromatic N) is 1. The lowest BCUT2D eigenvalue weighted by Crippen LogP contribution is -2.33. The van der Waals surface area contributed by atoms with Gasteiger partial charge in [-0.1, -0.05) is 91.0 Å². The zero-order valence-electron chi connectivity index (χ0n) is 18.6. The molecule has 162 valence electrons. The number of benzene rings is 5. The van der Waals surface area contributed by atoms with E-state index < -0.39 is 0 Å². The summed E-state index contributed by atoms with van der Waals surface area (Å²) in [6, 6.07) is 36.3. The van der Waals surface area contributed by atoms with Crippen molar-refractivity contribution in [3.05, 3.63) is 126 Å². The Labute approximate surface area is 194 Å². The topological polar surface area (TPSA) is 46.3 Å². The fourth-order valence-electron chi connectivity index (χ4n) is 4.59. The highest BCUT2D eigenvalue weighted by molar-refractivity contribution is 6.03. The number of para-hydroxylation sites is 1. The molecule has 0 heterocycles. The number of hydrogen-bond donors (Lipinski definition) is 1. The first kappa shape index (κ1) is 20.8.